The lowest BCUT2D eigenvalue weighted by Gasteiger charge is -2.43. The van der Waals surface area contributed by atoms with Crippen LogP contribution in [0.2, 0.25) is 0 Å². The summed E-state index contributed by atoms with van der Waals surface area (Å²) in [5.41, 5.74) is 0. The smallest absolute Gasteiger partial charge is 0.323 e. The Morgan fingerprint density at radius 3 is 2.45 bits per heavy atom. The molecule has 4 rings (SSSR count). The van der Waals surface area contributed by atoms with Crippen molar-refractivity contribution >= 4 is 5.97 Å². The fourth-order valence-electron chi connectivity index (χ4n) is 6.75. The molecule has 1 N–H and O–H groups in total. The van der Waals surface area contributed by atoms with E-state index in [0.717, 1.165) is 38.0 Å². The number of esters is 1. The second-order valence-corrected chi connectivity index (χ2v) is 10.6. The largest absolute Gasteiger partial charge is 0.468 e. The van der Waals surface area contributed by atoms with Crippen LogP contribution in [0.4, 0.5) is 0 Å². The molecule has 2 saturated heterocycles. The minimum Gasteiger partial charge on any atom is -0.468 e. The molecule has 2 saturated carbocycles. The summed E-state index contributed by atoms with van der Waals surface area (Å²) in [6.45, 7) is 4.18. The molecule has 0 aromatic carbocycles. The first-order valence-corrected chi connectivity index (χ1v) is 13.0. The van der Waals surface area contributed by atoms with Crippen molar-refractivity contribution in [3.8, 4) is 0 Å². The van der Waals surface area contributed by atoms with E-state index in [0.29, 0.717) is 18.2 Å². The average Bonchev–Trinajstić information content (AvgIpc) is 3.20. The fourth-order valence-corrected chi connectivity index (χ4v) is 6.75. The molecule has 6 nitrogen and oxygen atoms in total. The third kappa shape index (κ3) is 6.01. The van der Waals surface area contributed by atoms with Gasteiger partial charge in [-0.25, -0.2) is 0 Å². The first-order chi connectivity index (χ1) is 15.2. The molecule has 0 radical (unpaired) electrons. The fraction of sp³-hybridized carbons (Fsp3) is 0.960. The summed E-state index contributed by atoms with van der Waals surface area (Å²) >= 11 is 0. The Hall–Kier alpha value is -0.690. The monoisotopic (exact) mass is 435 g/mol. The summed E-state index contributed by atoms with van der Waals surface area (Å²) in [5.74, 6) is 1.65. The summed E-state index contributed by atoms with van der Waals surface area (Å²) in [6.07, 6.45) is 15.9. The van der Waals surface area contributed by atoms with E-state index < -0.39 is 0 Å². The molecule has 31 heavy (non-hydrogen) atoms. The van der Waals surface area contributed by atoms with Gasteiger partial charge in [-0.15, -0.1) is 0 Å². The molecule has 178 valence electrons. The standard InChI is InChI=1S/C25H45N3O3/c1-30-21-12-10-20(11-13-21)16-28-18-26-22-15-23(25(29)31-2)27(17-24(22)28)14-6-9-19-7-4-3-5-8-19/h19-24,26H,3-18H2,1-2H3. The number of piperidine rings is 1. The van der Waals surface area contributed by atoms with Crippen LogP contribution in [0, 0.1) is 11.8 Å². The maximum absolute atomic E-state index is 12.6. The van der Waals surface area contributed by atoms with Gasteiger partial charge in [0.25, 0.3) is 0 Å². The number of rotatable bonds is 8. The summed E-state index contributed by atoms with van der Waals surface area (Å²) < 4.78 is 10.8. The van der Waals surface area contributed by atoms with Crippen LogP contribution in [-0.2, 0) is 14.3 Å². The van der Waals surface area contributed by atoms with Crippen molar-refractivity contribution in [2.75, 3.05) is 40.5 Å². The SMILES string of the molecule is COC(=O)C1CC2NCN(CC3CCC(OC)CC3)C2CN1CCCC1CCCCC1. The number of carbonyl (C=O) groups is 1. The predicted octanol–water partition coefficient (Wildman–Crippen LogP) is 3.40. The highest BCUT2D eigenvalue weighted by Crippen LogP contribution is 2.32. The first-order valence-electron chi connectivity index (χ1n) is 13.0. The van der Waals surface area contributed by atoms with Crippen molar-refractivity contribution in [1.82, 2.24) is 15.1 Å². The second kappa shape index (κ2) is 11.4. The molecular formula is C25H45N3O3. The van der Waals surface area contributed by atoms with Crippen LogP contribution < -0.4 is 5.32 Å². The molecular weight excluding hydrogens is 390 g/mol. The average molecular weight is 436 g/mol. The minimum absolute atomic E-state index is 0.0470. The van der Waals surface area contributed by atoms with E-state index in [4.69, 9.17) is 9.47 Å². The number of carbonyl (C=O) groups excluding carboxylic acids is 1. The summed E-state index contributed by atoms with van der Waals surface area (Å²) in [6, 6.07) is 0.854. The summed E-state index contributed by atoms with van der Waals surface area (Å²) in [5, 5.41) is 3.72. The van der Waals surface area contributed by atoms with Crippen molar-refractivity contribution in [3.05, 3.63) is 0 Å². The van der Waals surface area contributed by atoms with Gasteiger partial charge in [0.1, 0.15) is 6.04 Å². The van der Waals surface area contributed by atoms with Gasteiger partial charge in [-0.2, -0.15) is 0 Å². The van der Waals surface area contributed by atoms with Crippen molar-refractivity contribution in [2.45, 2.75) is 101 Å². The molecule has 0 aromatic heterocycles. The lowest BCUT2D eigenvalue weighted by molar-refractivity contribution is -0.149. The normalized spacial score (nSPS) is 35.7. The molecule has 0 spiro atoms. The zero-order valence-corrected chi connectivity index (χ0v) is 19.9. The highest BCUT2D eigenvalue weighted by molar-refractivity contribution is 5.76. The Kier molecular flexibility index (Phi) is 8.66. The molecule has 0 bridgehead atoms. The Morgan fingerprint density at radius 1 is 0.968 bits per heavy atom. The number of likely N-dealkylation sites (tertiary alicyclic amines) is 1. The van der Waals surface area contributed by atoms with Gasteiger partial charge in [-0.1, -0.05) is 32.1 Å². The zero-order valence-electron chi connectivity index (χ0n) is 19.9. The topological polar surface area (TPSA) is 54.0 Å². The number of fused-ring (bicyclic) bond motifs is 1. The number of ether oxygens (including phenoxy) is 2. The van der Waals surface area contributed by atoms with Gasteiger partial charge in [-0.3, -0.25) is 19.9 Å². The second-order valence-electron chi connectivity index (χ2n) is 10.6. The number of methoxy groups -OCH3 is 2. The molecule has 3 atom stereocenters. The maximum atomic E-state index is 12.6. The van der Waals surface area contributed by atoms with E-state index in [1.807, 2.05) is 7.11 Å². The van der Waals surface area contributed by atoms with Crippen LogP contribution >= 0.6 is 0 Å². The lowest BCUT2D eigenvalue weighted by atomic mass is 9.85. The van der Waals surface area contributed by atoms with Crippen molar-refractivity contribution in [3.63, 3.8) is 0 Å². The van der Waals surface area contributed by atoms with Crippen LogP contribution in [-0.4, -0.2) is 80.5 Å². The van der Waals surface area contributed by atoms with Gasteiger partial charge >= 0.3 is 5.97 Å². The highest BCUT2D eigenvalue weighted by Gasteiger charge is 2.45. The molecule has 2 aliphatic heterocycles. The van der Waals surface area contributed by atoms with Crippen LogP contribution in [0.3, 0.4) is 0 Å². The van der Waals surface area contributed by atoms with Crippen LogP contribution in [0.1, 0.15) is 77.0 Å². The van der Waals surface area contributed by atoms with E-state index >= 15 is 0 Å². The van der Waals surface area contributed by atoms with E-state index in [2.05, 4.69) is 15.1 Å². The van der Waals surface area contributed by atoms with E-state index in [9.17, 15) is 4.79 Å². The minimum atomic E-state index is -0.0813. The maximum Gasteiger partial charge on any atom is 0.323 e. The third-order valence-electron chi connectivity index (χ3n) is 8.71. The molecule has 2 heterocycles. The van der Waals surface area contributed by atoms with Gasteiger partial charge in [0.15, 0.2) is 0 Å². The molecule has 0 aromatic rings. The quantitative estimate of drug-likeness (QED) is 0.590. The molecule has 4 fully saturated rings. The summed E-state index contributed by atoms with van der Waals surface area (Å²) in [4.78, 5) is 17.7. The molecule has 0 amide bonds. The Labute approximate surface area is 189 Å². The van der Waals surface area contributed by atoms with Crippen molar-refractivity contribution in [1.29, 1.82) is 0 Å². The van der Waals surface area contributed by atoms with Gasteiger partial charge in [0, 0.05) is 39.0 Å². The lowest BCUT2D eigenvalue weighted by Crippen LogP contribution is -2.59. The molecule has 6 heteroatoms. The Bertz CT molecular complexity index is 560. The molecule has 4 aliphatic rings. The van der Waals surface area contributed by atoms with Gasteiger partial charge < -0.3 is 9.47 Å². The third-order valence-corrected chi connectivity index (χ3v) is 8.71. The Balaban J connectivity index is 1.31. The van der Waals surface area contributed by atoms with E-state index in [1.165, 1.54) is 77.2 Å². The number of hydrogen-bond donors (Lipinski definition) is 1. The summed E-state index contributed by atoms with van der Waals surface area (Å²) in [7, 11) is 3.39. The number of hydrogen-bond acceptors (Lipinski definition) is 6. The van der Waals surface area contributed by atoms with Gasteiger partial charge in [0.2, 0.25) is 0 Å². The first kappa shape index (κ1) is 23.5. The Morgan fingerprint density at radius 2 is 1.74 bits per heavy atom. The van der Waals surface area contributed by atoms with E-state index in [-0.39, 0.29) is 12.0 Å². The van der Waals surface area contributed by atoms with E-state index in [1.54, 1.807) is 7.11 Å². The van der Waals surface area contributed by atoms with Gasteiger partial charge in [-0.05, 0) is 63.3 Å². The zero-order chi connectivity index (χ0) is 21.6. The highest BCUT2D eigenvalue weighted by atomic mass is 16.5. The molecule has 2 aliphatic carbocycles. The van der Waals surface area contributed by atoms with Crippen molar-refractivity contribution in [2.24, 2.45) is 11.8 Å². The van der Waals surface area contributed by atoms with Gasteiger partial charge in [0.05, 0.1) is 13.2 Å². The van der Waals surface area contributed by atoms with Crippen molar-refractivity contribution < 1.29 is 14.3 Å². The number of nitrogens with one attached hydrogen (secondary N) is 1. The van der Waals surface area contributed by atoms with Crippen LogP contribution in [0.25, 0.3) is 0 Å². The predicted molar refractivity (Wildman–Crippen MR) is 123 cm³/mol. The van der Waals surface area contributed by atoms with Crippen LogP contribution in [0.5, 0.6) is 0 Å². The molecule has 3 unspecified atom stereocenters. The number of nitrogens with zero attached hydrogens (tertiary/aromatic N) is 2. The van der Waals surface area contributed by atoms with Crippen LogP contribution in [0.15, 0.2) is 0 Å².